The van der Waals surface area contributed by atoms with E-state index in [0.29, 0.717) is 0 Å². The molecule has 1 heterocycles. The molecule has 1 aliphatic rings. The Kier molecular flexibility index (Phi) is 3.50. The SMILES string of the molecule is C\C=C/C=C1/C(=O)NCC/C1=C/C. The van der Waals surface area contributed by atoms with Gasteiger partial charge in [-0.15, -0.1) is 0 Å². The van der Waals surface area contributed by atoms with Gasteiger partial charge in [0, 0.05) is 12.1 Å². The monoisotopic (exact) mass is 177 g/mol. The summed E-state index contributed by atoms with van der Waals surface area (Å²) in [5, 5.41) is 2.82. The minimum Gasteiger partial charge on any atom is -0.352 e. The number of rotatable bonds is 1. The first-order valence-electron chi connectivity index (χ1n) is 4.56. The van der Waals surface area contributed by atoms with Gasteiger partial charge in [0.1, 0.15) is 0 Å². The van der Waals surface area contributed by atoms with Crippen molar-refractivity contribution in [1.82, 2.24) is 5.32 Å². The first-order chi connectivity index (χ1) is 6.29. The Hall–Kier alpha value is -1.31. The summed E-state index contributed by atoms with van der Waals surface area (Å²) >= 11 is 0. The van der Waals surface area contributed by atoms with E-state index in [0.717, 1.165) is 24.1 Å². The molecule has 13 heavy (non-hydrogen) atoms. The molecule has 1 fully saturated rings. The highest BCUT2D eigenvalue weighted by atomic mass is 16.1. The van der Waals surface area contributed by atoms with Crippen molar-refractivity contribution < 1.29 is 4.79 Å². The number of carbonyl (C=O) groups excluding carboxylic acids is 1. The molecule has 2 heteroatoms. The molecular weight excluding hydrogens is 162 g/mol. The van der Waals surface area contributed by atoms with Crippen LogP contribution in [0.5, 0.6) is 0 Å². The van der Waals surface area contributed by atoms with E-state index in [4.69, 9.17) is 0 Å². The molecule has 0 aromatic rings. The Morgan fingerprint density at radius 1 is 1.38 bits per heavy atom. The van der Waals surface area contributed by atoms with Crippen molar-refractivity contribution >= 4 is 5.91 Å². The lowest BCUT2D eigenvalue weighted by Crippen LogP contribution is -2.32. The van der Waals surface area contributed by atoms with Crippen LogP contribution in [0.3, 0.4) is 0 Å². The van der Waals surface area contributed by atoms with Gasteiger partial charge >= 0.3 is 0 Å². The van der Waals surface area contributed by atoms with Crippen molar-refractivity contribution in [2.75, 3.05) is 6.54 Å². The van der Waals surface area contributed by atoms with Gasteiger partial charge in [-0.25, -0.2) is 0 Å². The average molecular weight is 177 g/mol. The topological polar surface area (TPSA) is 29.1 Å². The van der Waals surface area contributed by atoms with Crippen LogP contribution in [0.2, 0.25) is 0 Å². The third-order valence-corrected chi connectivity index (χ3v) is 2.07. The number of carbonyl (C=O) groups is 1. The van der Waals surface area contributed by atoms with E-state index >= 15 is 0 Å². The van der Waals surface area contributed by atoms with Crippen molar-refractivity contribution in [2.24, 2.45) is 0 Å². The Labute approximate surface area is 79.0 Å². The molecule has 0 aliphatic carbocycles. The molecule has 1 N–H and O–H groups in total. The summed E-state index contributed by atoms with van der Waals surface area (Å²) in [6.45, 7) is 4.66. The summed E-state index contributed by atoms with van der Waals surface area (Å²) in [6.07, 6.45) is 8.62. The molecule has 0 bridgehead atoms. The fraction of sp³-hybridized carbons (Fsp3) is 0.364. The summed E-state index contributed by atoms with van der Waals surface area (Å²) in [6, 6.07) is 0. The van der Waals surface area contributed by atoms with Crippen LogP contribution in [0.25, 0.3) is 0 Å². The third-order valence-electron chi connectivity index (χ3n) is 2.07. The van der Waals surface area contributed by atoms with E-state index in [1.54, 1.807) is 0 Å². The molecule has 0 aromatic carbocycles. The predicted octanol–water partition coefficient (Wildman–Crippen LogP) is 1.96. The number of hydrogen-bond donors (Lipinski definition) is 1. The van der Waals surface area contributed by atoms with Crippen molar-refractivity contribution in [1.29, 1.82) is 0 Å². The van der Waals surface area contributed by atoms with Crippen LogP contribution in [0.4, 0.5) is 0 Å². The van der Waals surface area contributed by atoms with Gasteiger partial charge < -0.3 is 5.32 Å². The molecule has 0 aromatic heterocycles. The molecule has 0 unspecified atom stereocenters. The molecule has 0 saturated carbocycles. The minimum atomic E-state index is 0.0393. The molecular formula is C11H15NO. The number of amides is 1. The van der Waals surface area contributed by atoms with Crippen LogP contribution < -0.4 is 5.32 Å². The average Bonchev–Trinajstić information content (AvgIpc) is 2.15. The Bertz CT molecular complexity index is 284. The first-order valence-corrected chi connectivity index (χ1v) is 4.56. The van der Waals surface area contributed by atoms with Crippen LogP contribution in [0.15, 0.2) is 35.5 Å². The van der Waals surface area contributed by atoms with Crippen LogP contribution in [0, 0.1) is 0 Å². The molecule has 2 nitrogen and oxygen atoms in total. The smallest absolute Gasteiger partial charge is 0.251 e. The maximum atomic E-state index is 11.4. The molecule has 1 saturated heterocycles. The van der Waals surface area contributed by atoms with E-state index in [1.165, 1.54) is 0 Å². The van der Waals surface area contributed by atoms with Gasteiger partial charge in [0.2, 0.25) is 0 Å². The van der Waals surface area contributed by atoms with Gasteiger partial charge in [-0.2, -0.15) is 0 Å². The largest absolute Gasteiger partial charge is 0.352 e. The Balaban J connectivity index is 2.92. The number of nitrogens with one attached hydrogen (secondary N) is 1. The molecule has 1 amide bonds. The van der Waals surface area contributed by atoms with Gasteiger partial charge in [-0.1, -0.05) is 18.2 Å². The summed E-state index contributed by atoms with van der Waals surface area (Å²) in [4.78, 5) is 11.4. The van der Waals surface area contributed by atoms with Crippen LogP contribution in [-0.4, -0.2) is 12.5 Å². The van der Waals surface area contributed by atoms with E-state index < -0.39 is 0 Å². The maximum absolute atomic E-state index is 11.4. The lowest BCUT2D eigenvalue weighted by Gasteiger charge is -2.17. The van der Waals surface area contributed by atoms with Crippen LogP contribution in [0.1, 0.15) is 20.3 Å². The van der Waals surface area contributed by atoms with Crippen molar-refractivity contribution in [3.63, 3.8) is 0 Å². The highest BCUT2D eigenvalue weighted by Gasteiger charge is 2.17. The second-order valence-corrected chi connectivity index (χ2v) is 2.93. The van der Waals surface area contributed by atoms with E-state index in [1.807, 2.05) is 38.2 Å². The predicted molar refractivity (Wildman–Crippen MR) is 54.3 cm³/mol. The second-order valence-electron chi connectivity index (χ2n) is 2.93. The van der Waals surface area contributed by atoms with Crippen molar-refractivity contribution in [2.45, 2.75) is 20.3 Å². The quantitative estimate of drug-likeness (QED) is 0.609. The molecule has 1 aliphatic heterocycles. The zero-order valence-electron chi connectivity index (χ0n) is 8.13. The lowest BCUT2D eigenvalue weighted by molar-refractivity contribution is -0.117. The van der Waals surface area contributed by atoms with Gasteiger partial charge in [-0.05, 0) is 31.9 Å². The van der Waals surface area contributed by atoms with Gasteiger partial charge in [0.25, 0.3) is 5.91 Å². The van der Waals surface area contributed by atoms with E-state index in [9.17, 15) is 4.79 Å². The minimum absolute atomic E-state index is 0.0393. The maximum Gasteiger partial charge on any atom is 0.251 e. The number of piperidine rings is 1. The van der Waals surface area contributed by atoms with Gasteiger partial charge in [0.05, 0.1) is 0 Å². The van der Waals surface area contributed by atoms with E-state index in [-0.39, 0.29) is 5.91 Å². The molecule has 0 spiro atoms. The first kappa shape index (κ1) is 9.78. The number of allylic oxidation sites excluding steroid dienone is 4. The summed E-state index contributed by atoms with van der Waals surface area (Å²) in [5.74, 6) is 0.0393. The van der Waals surface area contributed by atoms with Crippen LogP contribution >= 0.6 is 0 Å². The molecule has 70 valence electrons. The highest BCUT2D eigenvalue weighted by molar-refractivity contribution is 5.99. The fourth-order valence-corrected chi connectivity index (χ4v) is 1.36. The third kappa shape index (κ3) is 2.31. The second kappa shape index (κ2) is 4.65. The zero-order valence-corrected chi connectivity index (χ0v) is 8.13. The number of hydrogen-bond acceptors (Lipinski definition) is 1. The van der Waals surface area contributed by atoms with Gasteiger partial charge in [-0.3, -0.25) is 4.79 Å². The molecule has 1 rings (SSSR count). The normalized spacial score (nSPS) is 24.3. The Morgan fingerprint density at radius 3 is 2.77 bits per heavy atom. The van der Waals surface area contributed by atoms with E-state index in [2.05, 4.69) is 5.32 Å². The lowest BCUT2D eigenvalue weighted by atomic mass is 9.98. The van der Waals surface area contributed by atoms with Crippen molar-refractivity contribution in [3.05, 3.63) is 35.5 Å². The fourth-order valence-electron chi connectivity index (χ4n) is 1.36. The summed E-state index contributed by atoms with van der Waals surface area (Å²) < 4.78 is 0. The Morgan fingerprint density at radius 2 is 2.15 bits per heavy atom. The van der Waals surface area contributed by atoms with Crippen LogP contribution in [-0.2, 0) is 4.79 Å². The summed E-state index contributed by atoms with van der Waals surface area (Å²) in [7, 11) is 0. The summed E-state index contributed by atoms with van der Waals surface area (Å²) in [5.41, 5.74) is 1.94. The zero-order chi connectivity index (χ0) is 9.68. The highest BCUT2D eigenvalue weighted by Crippen LogP contribution is 2.17. The molecule has 0 radical (unpaired) electrons. The standard InChI is InChI=1S/C11H15NO/c1-3-5-6-10-9(4-2)7-8-12-11(10)13/h3-6H,7-8H2,1-2H3,(H,12,13)/b5-3-,9-4-,10-6+. The molecule has 0 atom stereocenters. The van der Waals surface area contributed by atoms with Gasteiger partial charge in [0.15, 0.2) is 0 Å². The van der Waals surface area contributed by atoms with Crippen molar-refractivity contribution in [3.8, 4) is 0 Å².